The number of carbonyl (C=O) groups is 2. The molecule has 1 aliphatic rings. The molecule has 0 radical (unpaired) electrons. The highest BCUT2D eigenvalue weighted by Crippen LogP contribution is 2.23. The monoisotopic (exact) mass is 391 g/mol. The second-order valence-corrected chi connectivity index (χ2v) is 7.40. The number of aromatic nitrogens is 2. The van der Waals surface area contributed by atoms with Crippen LogP contribution >= 0.6 is 11.3 Å². The van der Waals surface area contributed by atoms with Crippen molar-refractivity contribution in [2.75, 3.05) is 38.6 Å². The molecular formula is C17H21N5O4S. The first-order chi connectivity index (χ1) is 12.9. The van der Waals surface area contributed by atoms with Gasteiger partial charge in [-0.25, -0.2) is 4.98 Å². The predicted molar refractivity (Wildman–Crippen MR) is 99.5 cm³/mol. The average molecular weight is 391 g/mol. The highest BCUT2D eigenvalue weighted by atomic mass is 32.1. The number of thiazole rings is 1. The fourth-order valence-corrected chi connectivity index (χ4v) is 3.59. The van der Waals surface area contributed by atoms with E-state index in [2.05, 4.69) is 15.3 Å². The first-order valence-electron chi connectivity index (χ1n) is 8.39. The normalized spacial score (nSPS) is 20.1. The van der Waals surface area contributed by atoms with Gasteiger partial charge in [0.25, 0.3) is 11.8 Å². The highest BCUT2D eigenvalue weighted by molar-refractivity contribution is 7.17. The van der Waals surface area contributed by atoms with Gasteiger partial charge in [0, 0.05) is 12.7 Å². The number of ether oxygens (including phenoxy) is 1. The van der Waals surface area contributed by atoms with Gasteiger partial charge in [0.05, 0.1) is 32.0 Å². The van der Waals surface area contributed by atoms with Crippen LogP contribution < -0.4 is 11.1 Å². The van der Waals surface area contributed by atoms with Crippen molar-refractivity contribution in [2.24, 2.45) is 0 Å². The van der Waals surface area contributed by atoms with Gasteiger partial charge in [-0.05, 0) is 19.1 Å². The Morgan fingerprint density at radius 3 is 2.96 bits per heavy atom. The summed E-state index contributed by atoms with van der Waals surface area (Å²) in [5.41, 5.74) is 5.07. The molecule has 1 atom stereocenters. The zero-order valence-corrected chi connectivity index (χ0v) is 15.7. The summed E-state index contributed by atoms with van der Waals surface area (Å²) in [6.45, 7) is 2.28. The number of hydrogen-bond donors (Lipinski definition) is 3. The van der Waals surface area contributed by atoms with Crippen molar-refractivity contribution in [2.45, 2.75) is 12.5 Å². The highest BCUT2D eigenvalue weighted by Gasteiger charge is 2.36. The molecule has 0 saturated carbocycles. The number of nitrogens with two attached hydrogens (primary N) is 1. The standard InChI is InChI=1S/C17H21N5O4S/c1-11-13(27-16(18)21-11)15(24)22-6-7-26-10-17(25,9-22)8-20-14(23)12-4-2-3-5-19-12/h2-5,25H,6-10H2,1H3,(H2,18,21)(H,20,23). The molecule has 0 spiro atoms. The molecule has 4 N–H and O–H groups in total. The molecule has 2 aromatic heterocycles. The fourth-order valence-electron chi connectivity index (χ4n) is 2.79. The predicted octanol–water partition coefficient (Wildman–Crippen LogP) is 0.0622. The lowest BCUT2D eigenvalue weighted by Gasteiger charge is -2.30. The number of carbonyl (C=O) groups excluding carboxylic acids is 2. The van der Waals surface area contributed by atoms with Crippen LogP contribution in [-0.4, -0.2) is 70.2 Å². The van der Waals surface area contributed by atoms with E-state index in [1.807, 2.05) is 0 Å². The minimum Gasteiger partial charge on any atom is -0.384 e. The van der Waals surface area contributed by atoms with E-state index >= 15 is 0 Å². The number of nitrogen functional groups attached to an aromatic ring is 1. The first kappa shape index (κ1) is 19.2. The van der Waals surface area contributed by atoms with E-state index in [-0.39, 0.29) is 37.9 Å². The molecule has 1 unspecified atom stereocenters. The number of aryl methyl sites for hydroxylation is 1. The molecule has 2 aromatic rings. The van der Waals surface area contributed by atoms with Gasteiger partial charge >= 0.3 is 0 Å². The van der Waals surface area contributed by atoms with E-state index < -0.39 is 11.5 Å². The number of pyridine rings is 1. The van der Waals surface area contributed by atoms with Crippen molar-refractivity contribution < 1.29 is 19.4 Å². The van der Waals surface area contributed by atoms with Crippen molar-refractivity contribution in [3.8, 4) is 0 Å². The second kappa shape index (κ2) is 7.99. The summed E-state index contributed by atoms with van der Waals surface area (Å²) in [5.74, 6) is -0.668. The second-order valence-electron chi connectivity index (χ2n) is 6.37. The zero-order valence-electron chi connectivity index (χ0n) is 14.8. The average Bonchev–Trinajstić information content (AvgIpc) is 2.87. The molecule has 3 heterocycles. The maximum absolute atomic E-state index is 12.8. The minimum absolute atomic E-state index is 0.00307. The van der Waals surface area contributed by atoms with Crippen LogP contribution in [0.3, 0.4) is 0 Å². The largest absolute Gasteiger partial charge is 0.384 e. The van der Waals surface area contributed by atoms with E-state index in [0.717, 1.165) is 11.3 Å². The van der Waals surface area contributed by atoms with Crippen LogP contribution in [0.15, 0.2) is 24.4 Å². The molecule has 1 fully saturated rings. The Kier molecular flexibility index (Phi) is 5.68. The van der Waals surface area contributed by atoms with Crippen LogP contribution in [0.4, 0.5) is 5.13 Å². The van der Waals surface area contributed by atoms with Gasteiger partial charge in [-0.1, -0.05) is 17.4 Å². The number of aliphatic hydroxyl groups is 1. The van der Waals surface area contributed by atoms with Crippen LogP contribution in [0.2, 0.25) is 0 Å². The SMILES string of the molecule is Cc1nc(N)sc1C(=O)N1CCOCC(O)(CNC(=O)c2ccccn2)C1. The summed E-state index contributed by atoms with van der Waals surface area (Å²) < 4.78 is 5.45. The molecule has 0 aromatic carbocycles. The Morgan fingerprint density at radius 2 is 2.30 bits per heavy atom. The Bertz CT molecular complexity index is 828. The number of anilines is 1. The molecule has 0 bridgehead atoms. The summed E-state index contributed by atoms with van der Waals surface area (Å²) in [6, 6.07) is 4.99. The van der Waals surface area contributed by atoms with Gasteiger partial charge in [-0.2, -0.15) is 0 Å². The van der Waals surface area contributed by atoms with E-state index in [0.29, 0.717) is 22.2 Å². The quantitative estimate of drug-likeness (QED) is 0.672. The molecular weight excluding hydrogens is 370 g/mol. The van der Waals surface area contributed by atoms with E-state index in [9.17, 15) is 14.7 Å². The van der Waals surface area contributed by atoms with Crippen LogP contribution in [0, 0.1) is 6.92 Å². The molecule has 3 rings (SSSR count). The lowest BCUT2D eigenvalue weighted by molar-refractivity contribution is -0.0324. The van der Waals surface area contributed by atoms with Crippen molar-refractivity contribution in [3.63, 3.8) is 0 Å². The Balaban J connectivity index is 1.68. The summed E-state index contributed by atoms with van der Waals surface area (Å²) in [6.07, 6.45) is 1.52. The van der Waals surface area contributed by atoms with Gasteiger partial charge in [0.1, 0.15) is 16.2 Å². The number of rotatable bonds is 4. The molecule has 27 heavy (non-hydrogen) atoms. The van der Waals surface area contributed by atoms with Gasteiger partial charge in [-0.3, -0.25) is 14.6 Å². The molecule has 10 heteroatoms. The minimum atomic E-state index is -1.42. The van der Waals surface area contributed by atoms with E-state index in [1.54, 1.807) is 25.1 Å². The lowest BCUT2D eigenvalue weighted by Crippen LogP contribution is -2.53. The maximum Gasteiger partial charge on any atom is 0.269 e. The van der Waals surface area contributed by atoms with Gasteiger partial charge in [0.2, 0.25) is 0 Å². The van der Waals surface area contributed by atoms with E-state index in [4.69, 9.17) is 10.5 Å². The summed E-state index contributed by atoms with van der Waals surface area (Å²) >= 11 is 1.11. The van der Waals surface area contributed by atoms with Crippen LogP contribution in [-0.2, 0) is 4.74 Å². The first-order valence-corrected chi connectivity index (χ1v) is 9.21. The number of nitrogens with zero attached hydrogens (tertiary/aromatic N) is 3. The molecule has 0 aliphatic carbocycles. The maximum atomic E-state index is 12.8. The van der Waals surface area contributed by atoms with Crippen molar-refractivity contribution in [1.82, 2.24) is 20.2 Å². The summed E-state index contributed by atoms with van der Waals surface area (Å²) in [7, 11) is 0. The number of nitrogens with one attached hydrogen (secondary N) is 1. The summed E-state index contributed by atoms with van der Waals surface area (Å²) in [5, 5.41) is 13.9. The fraction of sp³-hybridized carbons (Fsp3) is 0.412. The van der Waals surface area contributed by atoms with Crippen LogP contribution in [0.1, 0.15) is 25.9 Å². The smallest absolute Gasteiger partial charge is 0.269 e. The van der Waals surface area contributed by atoms with Gasteiger partial charge < -0.3 is 25.8 Å². The Morgan fingerprint density at radius 1 is 1.48 bits per heavy atom. The Hall–Kier alpha value is -2.56. The lowest BCUT2D eigenvalue weighted by atomic mass is 10.0. The molecule has 144 valence electrons. The van der Waals surface area contributed by atoms with Crippen molar-refractivity contribution in [1.29, 1.82) is 0 Å². The topological polar surface area (TPSA) is 131 Å². The third-order valence-corrected chi connectivity index (χ3v) is 5.11. The number of hydrogen-bond acceptors (Lipinski definition) is 8. The van der Waals surface area contributed by atoms with Crippen LogP contribution in [0.5, 0.6) is 0 Å². The summed E-state index contributed by atoms with van der Waals surface area (Å²) in [4.78, 5) is 35.0. The molecule has 1 saturated heterocycles. The molecule has 2 amide bonds. The van der Waals surface area contributed by atoms with Gasteiger partial charge in [0.15, 0.2) is 5.13 Å². The third-order valence-electron chi connectivity index (χ3n) is 4.13. The number of β-amino-alcohol motifs (C(OH)–C–C–N with tert-alkyl or cyclic N) is 1. The zero-order chi connectivity index (χ0) is 19.4. The molecule has 1 aliphatic heterocycles. The Labute approximate surface area is 160 Å². The van der Waals surface area contributed by atoms with Crippen LogP contribution in [0.25, 0.3) is 0 Å². The molecule has 9 nitrogen and oxygen atoms in total. The number of amides is 2. The van der Waals surface area contributed by atoms with Gasteiger partial charge in [-0.15, -0.1) is 0 Å². The van der Waals surface area contributed by atoms with Crippen molar-refractivity contribution >= 4 is 28.3 Å². The third kappa shape index (κ3) is 4.59. The van der Waals surface area contributed by atoms with Crippen molar-refractivity contribution in [3.05, 3.63) is 40.7 Å². The van der Waals surface area contributed by atoms with E-state index in [1.165, 1.54) is 11.1 Å².